The average molecular weight is 383 g/mol. The third-order valence-electron chi connectivity index (χ3n) is 5.63. The van der Waals surface area contributed by atoms with Gasteiger partial charge in [0.25, 0.3) is 0 Å². The summed E-state index contributed by atoms with van der Waals surface area (Å²) in [6.45, 7) is 6.45. The van der Waals surface area contributed by atoms with Crippen molar-refractivity contribution in [1.29, 1.82) is 0 Å². The van der Waals surface area contributed by atoms with Gasteiger partial charge in [-0.05, 0) is 12.0 Å². The summed E-state index contributed by atoms with van der Waals surface area (Å²) in [6.07, 6.45) is 2.88. The van der Waals surface area contributed by atoms with E-state index in [1.54, 1.807) is 6.26 Å². The molecule has 1 aromatic heterocycles. The standard InChI is InChI=1S/C21H29N5O2/c1-22-21(26-11-9-25(10-12-26)16-19-8-14-28-24-19)23-15-18-7-13-27-20(18)17-5-3-2-4-6-17/h2-6,8,14,18,20H,7,9-13,15-16H2,1H3,(H,22,23). The quantitative estimate of drug-likeness (QED) is 0.630. The number of hydrogen-bond acceptors (Lipinski definition) is 5. The molecule has 2 aliphatic heterocycles. The topological polar surface area (TPSA) is 66.1 Å². The van der Waals surface area contributed by atoms with Crippen LogP contribution in [0.25, 0.3) is 0 Å². The highest BCUT2D eigenvalue weighted by Crippen LogP contribution is 2.33. The first kappa shape index (κ1) is 19.0. The molecule has 2 fully saturated rings. The van der Waals surface area contributed by atoms with Crippen molar-refractivity contribution in [2.45, 2.75) is 19.1 Å². The molecule has 2 aromatic rings. The summed E-state index contributed by atoms with van der Waals surface area (Å²) < 4.78 is 10.9. The van der Waals surface area contributed by atoms with E-state index < -0.39 is 0 Å². The first-order valence-electron chi connectivity index (χ1n) is 10.1. The maximum Gasteiger partial charge on any atom is 0.193 e. The molecule has 1 N–H and O–H groups in total. The van der Waals surface area contributed by atoms with Crippen molar-refractivity contribution in [2.75, 3.05) is 46.4 Å². The minimum absolute atomic E-state index is 0.172. The molecule has 2 saturated heterocycles. The summed E-state index contributed by atoms with van der Waals surface area (Å²) in [5.74, 6) is 1.45. The SMILES string of the molecule is CN=C(NCC1CCOC1c1ccccc1)N1CCN(Cc2ccon2)CC1. The van der Waals surface area contributed by atoms with Crippen molar-refractivity contribution >= 4 is 5.96 Å². The van der Waals surface area contributed by atoms with Crippen molar-refractivity contribution in [3.8, 4) is 0 Å². The maximum atomic E-state index is 6.01. The Balaban J connectivity index is 1.27. The van der Waals surface area contributed by atoms with Crippen molar-refractivity contribution in [3.05, 3.63) is 53.9 Å². The molecule has 0 amide bonds. The average Bonchev–Trinajstić information content (AvgIpc) is 3.42. The molecule has 7 nitrogen and oxygen atoms in total. The second-order valence-corrected chi connectivity index (χ2v) is 7.43. The van der Waals surface area contributed by atoms with Crippen LogP contribution in [-0.4, -0.2) is 67.3 Å². The summed E-state index contributed by atoms with van der Waals surface area (Å²) in [5, 5.41) is 7.60. The van der Waals surface area contributed by atoms with E-state index >= 15 is 0 Å². The van der Waals surface area contributed by atoms with Crippen molar-refractivity contribution in [3.63, 3.8) is 0 Å². The van der Waals surface area contributed by atoms with Gasteiger partial charge < -0.3 is 19.5 Å². The lowest BCUT2D eigenvalue weighted by Crippen LogP contribution is -2.52. The van der Waals surface area contributed by atoms with Crippen LogP contribution in [0.3, 0.4) is 0 Å². The van der Waals surface area contributed by atoms with Crippen LogP contribution >= 0.6 is 0 Å². The lowest BCUT2D eigenvalue weighted by molar-refractivity contribution is 0.0911. The molecule has 7 heteroatoms. The van der Waals surface area contributed by atoms with E-state index in [4.69, 9.17) is 9.26 Å². The van der Waals surface area contributed by atoms with Gasteiger partial charge >= 0.3 is 0 Å². The number of guanidine groups is 1. The molecule has 0 radical (unpaired) electrons. The molecule has 0 saturated carbocycles. The fourth-order valence-corrected chi connectivity index (χ4v) is 4.07. The molecule has 2 atom stereocenters. The van der Waals surface area contributed by atoms with Crippen LogP contribution in [0.15, 0.2) is 52.2 Å². The van der Waals surface area contributed by atoms with Crippen LogP contribution in [0.1, 0.15) is 23.8 Å². The number of benzene rings is 1. The van der Waals surface area contributed by atoms with E-state index in [0.717, 1.165) is 63.9 Å². The van der Waals surface area contributed by atoms with Gasteiger partial charge in [-0.2, -0.15) is 0 Å². The molecular weight excluding hydrogens is 354 g/mol. The lowest BCUT2D eigenvalue weighted by atomic mass is 9.95. The monoisotopic (exact) mass is 383 g/mol. The molecule has 0 aliphatic carbocycles. The molecule has 2 unspecified atom stereocenters. The van der Waals surface area contributed by atoms with Gasteiger partial charge in [0, 0.05) is 64.9 Å². The summed E-state index contributed by atoms with van der Waals surface area (Å²) in [5.41, 5.74) is 2.26. The second kappa shape index (κ2) is 9.21. The fourth-order valence-electron chi connectivity index (χ4n) is 4.07. The first-order valence-corrected chi connectivity index (χ1v) is 10.1. The Morgan fingerprint density at radius 2 is 2.00 bits per heavy atom. The number of aromatic nitrogens is 1. The Kier molecular flexibility index (Phi) is 6.24. The third-order valence-corrected chi connectivity index (χ3v) is 5.63. The number of ether oxygens (including phenoxy) is 1. The van der Waals surface area contributed by atoms with Crippen LogP contribution in [0.4, 0.5) is 0 Å². The van der Waals surface area contributed by atoms with Gasteiger partial charge in [0.05, 0.1) is 11.8 Å². The van der Waals surface area contributed by atoms with Crippen LogP contribution < -0.4 is 5.32 Å². The molecule has 4 rings (SSSR count). The van der Waals surface area contributed by atoms with E-state index in [2.05, 4.69) is 55.6 Å². The van der Waals surface area contributed by atoms with E-state index in [-0.39, 0.29) is 6.10 Å². The van der Waals surface area contributed by atoms with Gasteiger partial charge in [0.1, 0.15) is 6.26 Å². The number of aliphatic imine (C=N–C) groups is 1. The minimum atomic E-state index is 0.172. The van der Waals surface area contributed by atoms with Gasteiger partial charge in [-0.3, -0.25) is 9.89 Å². The normalized spacial score (nSPS) is 23.9. The van der Waals surface area contributed by atoms with Crippen LogP contribution in [-0.2, 0) is 11.3 Å². The predicted octanol–water partition coefficient (Wildman–Crippen LogP) is 2.15. The zero-order valence-electron chi connectivity index (χ0n) is 16.5. The minimum Gasteiger partial charge on any atom is -0.373 e. The van der Waals surface area contributed by atoms with Crippen LogP contribution in [0.2, 0.25) is 0 Å². The van der Waals surface area contributed by atoms with Gasteiger partial charge in [-0.1, -0.05) is 35.5 Å². The summed E-state index contributed by atoms with van der Waals surface area (Å²) >= 11 is 0. The highest BCUT2D eigenvalue weighted by Gasteiger charge is 2.30. The van der Waals surface area contributed by atoms with E-state index in [1.807, 2.05) is 13.1 Å². The summed E-state index contributed by atoms with van der Waals surface area (Å²) in [6, 6.07) is 12.5. The Hall–Kier alpha value is -2.38. The molecule has 2 aliphatic rings. The van der Waals surface area contributed by atoms with Crippen molar-refractivity contribution in [1.82, 2.24) is 20.3 Å². The first-order chi connectivity index (χ1) is 13.8. The highest BCUT2D eigenvalue weighted by molar-refractivity contribution is 5.80. The highest BCUT2D eigenvalue weighted by atomic mass is 16.5. The van der Waals surface area contributed by atoms with E-state index in [1.165, 1.54) is 5.56 Å². The van der Waals surface area contributed by atoms with E-state index in [9.17, 15) is 0 Å². The summed E-state index contributed by atoms with van der Waals surface area (Å²) in [4.78, 5) is 9.26. The Bertz CT molecular complexity index is 741. The summed E-state index contributed by atoms with van der Waals surface area (Å²) in [7, 11) is 1.87. The fraction of sp³-hybridized carbons (Fsp3) is 0.524. The van der Waals surface area contributed by atoms with E-state index in [0.29, 0.717) is 5.92 Å². The molecular formula is C21H29N5O2. The number of nitrogens with one attached hydrogen (secondary N) is 1. The van der Waals surface area contributed by atoms with Gasteiger partial charge in [-0.15, -0.1) is 0 Å². The Labute approximate surface area is 166 Å². The molecule has 3 heterocycles. The van der Waals surface area contributed by atoms with Gasteiger partial charge in [-0.25, -0.2) is 0 Å². The lowest BCUT2D eigenvalue weighted by Gasteiger charge is -2.36. The van der Waals surface area contributed by atoms with Crippen LogP contribution in [0, 0.1) is 5.92 Å². The van der Waals surface area contributed by atoms with Gasteiger partial charge in [0.2, 0.25) is 0 Å². The van der Waals surface area contributed by atoms with Crippen LogP contribution in [0.5, 0.6) is 0 Å². The number of nitrogens with zero attached hydrogens (tertiary/aromatic N) is 4. The molecule has 0 bridgehead atoms. The van der Waals surface area contributed by atoms with Gasteiger partial charge in [0.15, 0.2) is 5.96 Å². The predicted molar refractivity (Wildman–Crippen MR) is 108 cm³/mol. The molecule has 0 spiro atoms. The Morgan fingerprint density at radius 3 is 2.71 bits per heavy atom. The number of piperazine rings is 1. The van der Waals surface area contributed by atoms with Crippen molar-refractivity contribution < 1.29 is 9.26 Å². The Morgan fingerprint density at radius 1 is 1.18 bits per heavy atom. The van der Waals surface area contributed by atoms with Crippen molar-refractivity contribution in [2.24, 2.45) is 10.9 Å². The second-order valence-electron chi connectivity index (χ2n) is 7.43. The molecule has 150 valence electrons. The number of hydrogen-bond donors (Lipinski definition) is 1. The zero-order valence-corrected chi connectivity index (χ0v) is 16.5. The maximum absolute atomic E-state index is 6.01. The largest absolute Gasteiger partial charge is 0.373 e. The molecule has 28 heavy (non-hydrogen) atoms. The third kappa shape index (κ3) is 4.54. The molecule has 1 aromatic carbocycles. The number of rotatable bonds is 5. The smallest absolute Gasteiger partial charge is 0.193 e. The zero-order chi connectivity index (χ0) is 19.2.